The lowest BCUT2D eigenvalue weighted by Gasteiger charge is -1.95. The van der Waals surface area contributed by atoms with E-state index in [4.69, 9.17) is 5.11 Å². The molecule has 3 aromatic heterocycles. The van der Waals surface area contributed by atoms with Crippen LogP contribution in [-0.4, -0.2) is 25.8 Å². The highest BCUT2D eigenvalue weighted by Crippen LogP contribution is 2.32. The smallest absolute Gasteiger partial charge is 0.308 e. The SMILES string of the molecule is Cn1nccc1-c1nc(-c2ccc(CC(=O)O)s2)cs1. The van der Waals surface area contributed by atoms with Crippen LogP contribution in [0, 0.1) is 0 Å². The van der Waals surface area contributed by atoms with Crippen LogP contribution >= 0.6 is 22.7 Å². The van der Waals surface area contributed by atoms with Gasteiger partial charge < -0.3 is 5.11 Å². The molecule has 0 saturated carbocycles. The maximum Gasteiger partial charge on any atom is 0.308 e. The molecule has 3 heterocycles. The fraction of sp³-hybridized carbons (Fsp3) is 0.154. The molecule has 0 radical (unpaired) electrons. The molecule has 3 aromatic rings. The first-order valence-corrected chi connectivity index (χ1v) is 7.58. The van der Waals surface area contributed by atoms with E-state index in [0.29, 0.717) is 0 Å². The maximum atomic E-state index is 10.7. The molecule has 0 aliphatic rings. The Morgan fingerprint density at radius 1 is 1.40 bits per heavy atom. The number of hydrogen-bond donors (Lipinski definition) is 1. The van der Waals surface area contributed by atoms with Crippen LogP contribution in [0.15, 0.2) is 29.8 Å². The number of carboxylic acid groups (broad SMARTS) is 1. The molecule has 0 bridgehead atoms. The van der Waals surface area contributed by atoms with Gasteiger partial charge in [-0.3, -0.25) is 9.48 Å². The number of carboxylic acids is 1. The summed E-state index contributed by atoms with van der Waals surface area (Å²) in [6.45, 7) is 0. The highest BCUT2D eigenvalue weighted by molar-refractivity contribution is 7.16. The van der Waals surface area contributed by atoms with Crippen LogP contribution in [-0.2, 0) is 18.3 Å². The van der Waals surface area contributed by atoms with Gasteiger partial charge in [-0.05, 0) is 18.2 Å². The summed E-state index contributed by atoms with van der Waals surface area (Å²) in [6.07, 6.45) is 1.80. The van der Waals surface area contributed by atoms with Crippen molar-refractivity contribution in [2.75, 3.05) is 0 Å². The van der Waals surface area contributed by atoms with Crippen molar-refractivity contribution in [2.24, 2.45) is 7.05 Å². The Morgan fingerprint density at radius 3 is 2.95 bits per heavy atom. The van der Waals surface area contributed by atoms with Crippen LogP contribution < -0.4 is 0 Å². The van der Waals surface area contributed by atoms with Gasteiger partial charge in [-0.1, -0.05) is 0 Å². The van der Waals surface area contributed by atoms with Gasteiger partial charge in [-0.2, -0.15) is 5.10 Å². The Kier molecular flexibility index (Phi) is 3.37. The Balaban J connectivity index is 1.88. The van der Waals surface area contributed by atoms with Gasteiger partial charge in [0.05, 0.1) is 22.7 Å². The van der Waals surface area contributed by atoms with Crippen LogP contribution in [0.25, 0.3) is 21.3 Å². The van der Waals surface area contributed by atoms with Gasteiger partial charge in [0.2, 0.25) is 0 Å². The van der Waals surface area contributed by atoms with Crippen molar-refractivity contribution >= 4 is 28.6 Å². The molecular weight excluding hydrogens is 294 g/mol. The minimum atomic E-state index is -0.813. The van der Waals surface area contributed by atoms with E-state index in [-0.39, 0.29) is 6.42 Å². The average Bonchev–Trinajstić information content (AvgIpc) is 3.07. The first-order chi connectivity index (χ1) is 9.63. The minimum Gasteiger partial charge on any atom is -0.481 e. The molecule has 3 rings (SSSR count). The predicted octanol–water partition coefficient (Wildman–Crippen LogP) is 2.90. The number of rotatable bonds is 4. The summed E-state index contributed by atoms with van der Waals surface area (Å²) in [4.78, 5) is 17.1. The van der Waals surface area contributed by atoms with Crippen LogP contribution in [0.4, 0.5) is 0 Å². The molecular formula is C13H11N3O2S2. The molecule has 102 valence electrons. The molecule has 0 aromatic carbocycles. The largest absolute Gasteiger partial charge is 0.481 e. The molecule has 0 aliphatic carbocycles. The zero-order chi connectivity index (χ0) is 14.1. The second-order valence-electron chi connectivity index (χ2n) is 4.21. The monoisotopic (exact) mass is 305 g/mol. The molecule has 0 saturated heterocycles. The Bertz CT molecular complexity index is 757. The molecule has 0 aliphatic heterocycles. The highest BCUT2D eigenvalue weighted by Gasteiger charge is 2.12. The quantitative estimate of drug-likeness (QED) is 0.804. The van der Waals surface area contributed by atoms with Gasteiger partial charge in [-0.15, -0.1) is 22.7 Å². The van der Waals surface area contributed by atoms with Crippen molar-refractivity contribution in [3.05, 3.63) is 34.7 Å². The van der Waals surface area contributed by atoms with E-state index in [1.54, 1.807) is 22.2 Å². The van der Waals surface area contributed by atoms with E-state index >= 15 is 0 Å². The maximum absolute atomic E-state index is 10.7. The van der Waals surface area contributed by atoms with Crippen molar-refractivity contribution < 1.29 is 9.90 Å². The predicted molar refractivity (Wildman–Crippen MR) is 79.0 cm³/mol. The van der Waals surface area contributed by atoms with Gasteiger partial charge >= 0.3 is 5.97 Å². The topological polar surface area (TPSA) is 68.0 Å². The molecule has 0 unspecified atom stereocenters. The summed E-state index contributed by atoms with van der Waals surface area (Å²) in [5, 5.41) is 15.8. The fourth-order valence-corrected chi connectivity index (χ4v) is 3.76. The lowest BCUT2D eigenvalue weighted by Crippen LogP contribution is -1.96. The van der Waals surface area contributed by atoms with Crippen LogP contribution in [0.2, 0.25) is 0 Å². The average molecular weight is 305 g/mol. The van der Waals surface area contributed by atoms with E-state index in [2.05, 4.69) is 10.1 Å². The van der Waals surface area contributed by atoms with Gasteiger partial charge in [-0.25, -0.2) is 4.98 Å². The zero-order valence-corrected chi connectivity index (χ0v) is 12.2. The van der Waals surface area contributed by atoms with Gasteiger partial charge in [0, 0.05) is 23.5 Å². The van der Waals surface area contributed by atoms with E-state index in [9.17, 15) is 4.79 Å². The molecule has 0 atom stereocenters. The highest BCUT2D eigenvalue weighted by atomic mass is 32.1. The molecule has 0 spiro atoms. The Hall–Kier alpha value is -1.99. The number of aliphatic carboxylic acids is 1. The third-order valence-electron chi connectivity index (χ3n) is 2.78. The molecule has 20 heavy (non-hydrogen) atoms. The third kappa shape index (κ3) is 2.50. The van der Waals surface area contributed by atoms with Crippen molar-refractivity contribution in [1.29, 1.82) is 0 Å². The summed E-state index contributed by atoms with van der Waals surface area (Å²) in [7, 11) is 1.88. The summed E-state index contributed by atoms with van der Waals surface area (Å²) in [5.41, 5.74) is 1.86. The summed E-state index contributed by atoms with van der Waals surface area (Å²) < 4.78 is 1.78. The zero-order valence-electron chi connectivity index (χ0n) is 10.6. The van der Waals surface area contributed by atoms with Gasteiger partial charge in [0.25, 0.3) is 0 Å². The minimum absolute atomic E-state index is 0.0589. The normalized spacial score (nSPS) is 10.8. The molecule has 0 amide bonds. The van der Waals surface area contributed by atoms with Gasteiger partial charge in [0.15, 0.2) is 0 Å². The molecule has 1 N–H and O–H groups in total. The van der Waals surface area contributed by atoms with Crippen molar-refractivity contribution in [3.8, 4) is 21.3 Å². The van der Waals surface area contributed by atoms with Crippen molar-refractivity contribution in [2.45, 2.75) is 6.42 Å². The second kappa shape index (κ2) is 5.18. The number of thiophene rings is 1. The molecule has 5 nitrogen and oxygen atoms in total. The summed E-state index contributed by atoms with van der Waals surface area (Å²) in [5.74, 6) is -0.813. The van der Waals surface area contributed by atoms with Crippen LogP contribution in [0.5, 0.6) is 0 Å². The first kappa shape index (κ1) is 13.0. The number of aryl methyl sites for hydroxylation is 1. The number of thiazole rings is 1. The number of nitrogens with zero attached hydrogens (tertiary/aromatic N) is 3. The van der Waals surface area contributed by atoms with Crippen molar-refractivity contribution in [3.63, 3.8) is 0 Å². The van der Waals surface area contributed by atoms with Crippen LogP contribution in [0.1, 0.15) is 4.88 Å². The number of hydrogen-bond acceptors (Lipinski definition) is 5. The van der Waals surface area contributed by atoms with Gasteiger partial charge in [0.1, 0.15) is 5.01 Å². The lowest BCUT2D eigenvalue weighted by atomic mass is 10.3. The molecule has 7 heteroatoms. The standard InChI is InChI=1S/C13H11N3O2S2/c1-16-10(4-5-14-16)13-15-9(7-19-13)11-3-2-8(20-11)6-12(17)18/h2-5,7H,6H2,1H3,(H,17,18). The van der Waals surface area contributed by atoms with E-state index < -0.39 is 5.97 Å². The lowest BCUT2D eigenvalue weighted by molar-refractivity contribution is -0.136. The number of carbonyl (C=O) groups is 1. The van der Waals surface area contributed by atoms with Crippen molar-refractivity contribution in [1.82, 2.24) is 14.8 Å². The Morgan fingerprint density at radius 2 is 2.25 bits per heavy atom. The number of aromatic nitrogens is 3. The second-order valence-corrected chi connectivity index (χ2v) is 6.24. The van der Waals surface area contributed by atoms with E-state index in [1.165, 1.54) is 11.3 Å². The Labute approximate surface area is 123 Å². The third-order valence-corrected chi connectivity index (χ3v) is 4.76. The van der Waals surface area contributed by atoms with Crippen LogP contribution in [0.3, 0.4) is 0 Å². The first-order valence-electron chi connectivity index (χ1n) is 5.88. The van der Waals surface area contributed by atoms with E-state index in [0.717, 1.165) is 26.1 Å². The molecule has 0 fully saturated rings. The summed E-state index contributed by atoms with van der Waals surface area (Å²) in [6, 6.07) is 5.69. The van der Waals surface area contributed by atoms with E-state index in [1.807, 2.05) is 30.6 Å². The fourth-order valence-electron chi connectivity index (χ4n) is 1.85. The summed E-state index contributed by atoms with van der Waals surface area (Å²) >= 11 is 3.03.